The van der Waals surface area contributed by atoms with Gasteiger partial charge in [-0.15, -0.1) is 10.2 Å². The molecule has 0 radical (unpaired) electrons. The molecule has 19 heavy (non-hydrogen) atoms. The van der Waals surface area contributed by atoms with Gasteiger partial charge in [-0.25, -0.2) is 0 Å². The van der Waals surface area contributed by atoms with Crippen molar-refractivity contribution in [2.75, 3.05) is 13.1 Å². The van der Waals surface area contributed by atoms with Crippen molar-refractivity contribution >= 4 is 33.9 Å². The van der Waals surface area contributed by atoms with Crippen LogP contribution in [0.1, 0.15) is 23.9 Å². The van der Waals surface area contributed by atoms with Crippen molar-refractivity contribution in [1.82, 2.24) is 15.5 Å². The minimum atomic E-state index is 0.958. The molecule has 0 saturated carbocycles. The molecule has 0 bridgehead atoms. The highest BCUT2D eigenvalue weighted by Crippen LogP contribution is 2.29. The summed E-state index contributed by atoms with van der Waals surface area (Å²) in [7, 11) is 0. The van der Waals surface area contributed by atoms with Crippen LogP contribution in [0.25, 0.3) is 10.6 Å². The lowest BCUT2D eigenvalue weighted by Crippen LogP contribution is -2.17. The maximum Gasteiger partial charge on any atom is 0.148 e. The molecule has 0 amide bonds. The van der Waals surface area contributed by atoms with Gasteiger partial charge >= 0.3 is 0 Å². The Morgan fingerprint density at radius 1 is 1.26 bits per heavy atom. The number of aromatic nitrogens is 2. The molecule has 0 unspecified atom stereocenters. The van der Waals surface area contributed by atoms with Gasteiger partial charge in [0, 0.05) is 22.1 Å². The molecule has 5 heteroatoms. The Bertz CT molecular complexity index is 539. The third-order valence-electron chi connectivity index (χ3n) is 2.83. The lowest BCUT2D eigenvalue weighted by Gasteiger charge is -2.02. The molecule has 3 nitrogen and oxygen atoms in total. The van der Waals surface area contributed by atoms with Gasteiger partial charge in [-0.1, -0.05) is 36.5 Å². The Labute approximate surface area is 132 Å². The fourth-order valence-electron chi connectivity index (χ4n) is 1.77. The van der Waals surface area contributed by atoms with Crippen LogP contribution in [0.15, 0.2) is 18.2 Å². The molecule has 2 aromatic rings. The average molecular weight is 387 g/mol. The molecule has 1 aromatic heterocycles. The second kappa shape index (κ2) is 7.31. The monoisotopic (exact) mass is 387 g/mol. The molecule has 0 saturated heterocycles. The molecule has 1 aromatic carbocycles. The van der Waals surface area contributed by atoms with Crippen molar-refractivity contribution in [2.45, 2.75) is 26.7 Å². The first kappa shape index (κ1) is 14.9. The van der Waals surface area contributed by atoms with E-state index in [4.69, 9.17) is 0 Å². The summed E-state index contributed by atoms with van der Waals surface area (Å²) in [5, 5.41) is 14.1. The predicted octanol–water partition coefficient (Wildman–Crippen LogP) is 3.66. The summed E-state index contributed by atoms with van der Waals surface area (Å²) in [6, 6.07) is 6.33. The number of halogens is 1. The highest BCUT2D eigenvalue weighted by molar-refractivity contribution is 14.1. The summed E-state index contributed by atoms with van der Waals surface area (Å²) in [4.78, 5) is 0. The van der Waals surface area contributed by atoms with Crippen molar-refractivity contribution in [2.24, 2.45) is 0 Å². The first-order valence-corrected chi connectivity index (χ1v) is 8.40. The molecule has 1 heterocycles. The van der Waals surface area contributed by atoms with Crippen molar-refractivity contribution in [3.05, 3.63) is 32.3 Å². The zero-order valence-corrected chi connectivity index (χ0v) is 14.2. The summed E-state index contributed by atoms with van der Waals surface area (Å²) in [5.41, 5.74) is 2.49. The Hall–Kier alpha value is -0.530. The molecule has 1 N–H and O–H groups in total. The largest absolute Gasteiger partial charge is 0.316 e. The molecule has 0 aliphatic carbocycles. The highest BCUT2D eigenvalue weighted by Gasteiger charge is 2.10. The molecular weight excluding hydrogens is 369 g/mol. The van der Waals surface area contributed by atoms with Crippen LogP contribution in [0.2, 0.25) is 0 Å². The van der Waals surface area contributed by atoms with Crippen molar-refractivity contribution in [1.29, 1.82) is 0 Å². The first-order valence-electron chi connectivity index (χ1n) is 6.51. The van der Waals surface area contributed by atoms with Crippen LogP contribution in [0.4, 0.5) is 0 Å². The van der Waals surface area contributed by atoms with Crippen LogP contribution in [-0.4, -0.2) is 23.3 Å². The summed E-state index contributed by atoms with van der Waals surface area (Å²) >= 11 is 4.08. The minimum absolute atomic E-state index is 0.958. The minimum Gasteiger partial charge on any atom is -0.316 e. The van der Waals surface area contributed by atoms with E-state index in [0.29, 0.717) is 0 Å². The van der Waals surface area contributed by atoms with Crippen LogP contribution in [0.5, 0.6) is 0 Å². The number of rotatable bonds is 6. The quantitative estimate of drug-likeness (QED) is 0.607. The number of hydrogen-bond donors (Lipinski definition) is 1. The van der Waals surface area contributed by atoms with Crippen molar-refractivity contribution < 1.29 is 0 Å². The van der Waals surface area contributed by atoms with Crippen LogP contribution in [-0.2, 0) is 6.42 Å². The van der Waals surface area contributed by atoms with Gasteiger partial charge in [0.1, 0.15) is 10.0 Å². The number of benzene rings is 1. The SMILES string of the molecule is CCCNCCc1nnc(-c2cccc(C)c2I)s1. The van der Waals surface area contributed by atoms with E-state index in [-0.39, 0.29) is 0 Å². The molecule has 0 aliphatic heterocycles. The van der Waals surface area contributed by atoms with E-state index in [1.165, 1.54) is 21.1 Å². The fraction of sp³-hybridized carbons (Fsp3) is 0.429. The third kappa shape index (κ3) is 3.97. The van der Waals surface area contributed by atoms with Gasteiger partial charge in [0.15, 0.2) is 0 Å². The maximum absolute atomic E-state index is 4.32. The van der Waals surface area contributed by atoms with Gasteiger partial charge < -0.3 is 5.32 Å². The highest BCUT2D eigenvalue weighted by atomic mass is 127. The second-order valence-electron chi connectivity index (χ2n) is 4.44. The molecule has 2 rings (SSSR count). The maximum atomic E-state index is 4.32. The van der Waals surface area contributed by atoms with E-state index in [2.05, 4.69) is 70.2 Å². The zero-order valence-electron chi connectivity index (χ0n) is 11.2. The number of nitrogens with zero attached hydrogens (tertiary/aromatic N) is 2. The Morgan fingerprint density at radius 2 is 2.11 bits per heavy atom. The standard InChI is InChI=1S/C14H18IN3S/c1-3-8-16-9-7-12-17-18-14(19-12)11-6-4-5-10(2)13(11)15/h4-6,16H,3,7-9H2,1-2H3. The topological polar surface area (TPSA) is 37.8 Å². The van der Waals surface area contributed by atoms with Crippen LogP contribution in [0, 0.1) is 10.5 Å². The summed E-state index contributed by atoms with van der Waals surface area (Å²) < 4.78 is 1.27. The average Bonchev–Trinajstić information content (AvgIpc) is 2.87. The Morgan fingerprint density at radius 3 is 2.89 bits per heavy atom. The summed E-state index contributed by atoms with van der Waals surface area (Å²) in [5.74, 6) is 0. The number of hydrogen-bond acceptors (Lipinski definition) is 4. The van der Waals surface area contributed by atoms with Crippen LogP contribution >= 0.6 is 33.9 Å². The van der Waals surface area contributed by atoms with E-state index in [0.717, 1.165) is 29.5 Å². The smallest absolute Gasteiger partial charge is 0.148 e. The molecule has 102 valence electrons. The van der Waals surface area contributed by atoms with Crippen LogP contribution in [0.3, 0.4) is 0 Å². The van der Waals surface area contributed by atoms with Crippen molar-refractivity contribution in [3.8, 4) is 10.6 Å². The van der Waals surface area contributed by atoms with E-state index >= 15 is 0 Å². The van der Waals surface area contributed by atoms with Gasteiger partial charge in [0.2, 0.25) is 0 Å². The predicted molar refractivity (Wildman–Crippen MR) is 89.7 cm³/mol. The van der Waals surface area contributed by atoms with Crippen molar-refractivity contribution in [3.63, 3.8) is 0 Å². The number of nitrogens with one attached hydrogen (secondary N) is 1. The molecular formula is C14H18IN3S. The van der Waals surface area contributed by atoms with E-state index in [1.807, 2.05) is 0 Å². The summed E-state index contributed by atoms with van der Waals surface area (Å²) in [6.07, 6.45) is 2.13. The first-order chi connectivity index (χ1) is 9.22. The molecule has 0 atom stereocenters. The van der Waals surface area contributed by atoms with Crippen LogP contribution < -0.4 is 5.32 Å². The Balaban J connectivity index is 2.06. The van der Waals surface area contributed by atoms with Gasteiger partial charge in [-0.05, 0) is 48.0 Å². The lowest BCUT2D eigenvalue weighted by molar-refractivity contribution is 0.668. The lowest BCUT2D eigenvalue weighted by atomic mass is 10.1. The van der Waals surface area contributed by atoms with E-state index < -0.39 is 0 Å². The van der Waals surface area contributed by atoms with Gasteiger partial charge in [-0.3, -0.25) is 0 Å². The Kier molecular flexibility index (Phi) is 5.72. The second-order valence-corrected chi connectivity index (χ2v) is 6.58. The van der Waals surface area contributed by atoms with Gasteiger partial charge in [0.25, 0.3) is 0 Å². The molecule has 0 spiro atoms. The normalized spacial score (nSPS) is 10.9. The van der Waals surface area contributed by atoms with Gasteiger partial charge in [-0.2, -0.15) is 0 Å². The molecule has 0 fully saturated rings. The summed E-state index contributed by atoms with van der Waals surface area (Å²) in [6.45, 7) is 6.35. The fourth-order valence-corrected chi connectivity index (χ4v) is 3.44. The zero-order chi connectivity index (χ0) is 13.7. The van der Waals surface area contributed by atoms with E-state index in [9.17, 15) is 0 Å². The molecule has 0 aliphatic rings. The van der Waals surface area contributed by atoms with E-state index in [1.54, 1.807) is 11.3 Å². The van der Waals surface area contributed by atoms with Gasteiger partial charge in [0.05, 0.1) is 0 Å². The third-order valence-corrected chi connectivity index (χ3v) is 5.28. The number of aryl methyl sites for hydroxylation is 1.